The number of pyridine rings is 1. The Morgan fingerprint density at radius 3 is 2.30 bits per heavy atom. The number of carbonyl (C=O) groups is 3. The SMILES string of the molecule is C[C@@]1(Cc2ccc(C#N)cc2)C(=O)N(c2cc(Cl)c(F)c(Cl)c2)c2ncc(C(=O)NC3(C(=O)NC4(c5ccc(-c6cnn(C7CC7)c6)cn5)CC4)CC3)n21. The second-order valence-electron chi connectivity index (χ2n) is 14.8. The van der Waals surface area contributed by atoms with E-state index in [2.05, 4.69) is 26.8 Å². The van der Waals surface area contributed by atoms with Crippen molar-refractivity contribution in [3.63, 3.8) is 0 Å². The van der Waals surface area contributed by atoms with Crippen LogP contribution in [0.2, 0.25) is 10.0 Å². The zero-order valence-corrected chi connectivity index (χ0v) is 30.5. The predicted octanol–water partition coefficient (Wildman–Crippen LogP) is 6.50. The Balaban J connectivity index is 0.978. The molecule has 3 aliphatic carbocycles. The lowest BCUT2D eigenvalue weighted by atomic mass is 9.91. The Hall–Kier alpha value is -5.58. The number of fused-ring (bicyclic) bond motifs is 1. The van der Waals surface area contributed by atoms with Crippen LogP contribution in [0.1, 0.15) is 78.8 Å². The van der Waals surface area contributed by atoms with Gasteiger partial charge in [0.15, 0.2) is 5.82 Å². The number of halogens is 3. The van der Waals surface area contributed by atoms with Gasteiger partial charge in [0, 0.05) is 29.9 Å². The van der Waals surface area contributed by atoms with Gasteiger partial charge in [0.1, 0.15) is 16.8 Å². The molecule has 272 valence electrons. The Morgan fingerprint density at radius 2 is 1.69 bits per heavy atom. The molecule has 1 atom stereocenters. The summed E-state index contributed by atoms with van der Waals surface area (Å²) >= 11 is 12.3. The number of nitrogens with one attached hydrogen (secondary N) is 2. The van der Waals surface area contributed by atoms with Crippen molar-refractivity contribution in [1.29, 1.82) is 5.26 Å². The van der Waals surface area contributed by atoms with Gasteiger partial charge in [-0.15, -0.1) is 0 Å². The van der Waals surface area contributed by atoms with Gasteiger partial charge in [-0.1, -0.05) is 41.4 Å². The number of nitriles is 1. The molecule has 0 unspecified atom stereocenters. The molecule has 3 saturated carbocycles. The van der Waals surface area contributed by atoms with Gasteiger partial charge < -0.3 is 10.6 Å². The van der Waals surface area contributed by atoms with Gasteiger partial charge in [-0.05, 0) is 81.3 Å². The van der Waals surface area contributed by atoms with Crippen LogP contribution in [-0.4, -0.2) is 47.6 Å². The quantitative estimate of drug-likeness (QED) is 0.154. The molecule has 2 aromatic carbocycles. The highest BCUT2D eigenvalue weighted by atomic mass is 35.5. The minimum absolute atomic E-state index is 0.0544. The highest BCUT2D eigenvalue weighted by Crippen LogP contribution is 2.48. The van der Waals surface area contributed by atoms with Crippen molar-refractivity contribution in [1.82, 2.24) is 34.9 Å². The molecule has 0 bridgehead atoms. The molecule has 15 heteroatoms. The molecular formula is C39H32Cl2FN9O3. The third-order valence-electron chi connectivity index (χ3n) is 10.9. The molecular weight excluding hydrogens is 732 g/mol. The maximum Gasteiger partial charge on any atom is 0.270 e. The maximum atomic E-state index is 14.4. The van der Waals surface area contributed by atoms with Gasteiger partial charge >= 0.3 is 0 Å². The topological polar surface area (TPSA) is 151 Å². The number of carbonyl (C=O) groups excluding carboxylic acids is 3. The van der Waals surface area contributed by atoms with Crippen LogP contribution in [0.25, 0.3) is 11.1 Å². The van der Waals surface area contributed by atoms with Crippen molar-refractivity contribution in [2.75, 3.05) is 4.90 Å². The maximum absolute atomic E-state index is 14.4. The lowest BCUT2D eigenvalue weighted by Crippen LogP contribution is -2.52. The van der Waals surface area contributed by atoms with Crippen molar-refractivity contribution >= 4 is 52.6 Å². The van der Waals surface area contributed by atoms with Crippen molar-refractivity contribution in [3.8, 4) is 17.2 Å². The summed E-state index contributed by atoms with van der Waals surface area (Å²) in [5, 5.41) is 19.4. The van der Waals surface area contributed by atoms with Crippen LogP contribution < -0.4 is 15.5 Å². The number of hydrogen-bond acceptors (Lipinski definition) is 7. The van der Waals surface area contributed by atoms with E-state index >= 15 is 0 Å². The normalized spacial score (nSPS) is 20.3. The molecule has 3 aromatic heterocycles. The monoisotopic (exact) mass is 763 g/mol. The summed E-state index contributed by atoms with van der Waals surface area (Å²) in [4.78, 5) is 53.0. The zero-order valence-electron chi connectivity index (χ0n) is 28.9. The van der Waals surface area contributed by atoms with E-state index in [1.165, 1.54) is 27.8 Å². The summed E-state index contributed by atoms with van der Waals surface area (Å²) in [7, 11) is 0. The molecule has 0 saturated heterocycles. The van der Waals surface area contributed by atoms with E-state index in [1.807, 2.05) is 29.2 Å². The Kier molecular flexibility index (Phi) is 7.74. The number of nitrogens with zero attached hydrogens (tertiary/aromatic N) is 7. The third-order valence-corrected chi connectivity index (χ3v) is 11.5. The first-order valence-corrected chi connectivity index (χ1v) is 18.4. The minimum atomic E-state index is -1.41. The molecule has 3 fully saturated rings. The van der Waals surface area contributed by atoms with E-state index in [-0.39, 0.29) is 39.7 Å². The van der Waals surface area contributed by atoms with E-state index in [1.54, 1.807) is 37.4 Å². The molecule has 4 heterocycles. The van der Waals surface area contributed by atoms with E-state index < -0.39 is 34.2 Å². The molecule has 9 rings (SSSR count). The van der Waals surface area contributed by atoms with Gasteiger partial charge in [-0.2, -0.15) is 10.4 Å². The van der Waals surface area contributed by atoms with Crippen molar-refractivity contribution in [3.05, 3.63) is 112 Å². The molecule has 3 amide bonds. The summed E-state index contributed by atoms with van der Waals surface area (Å²) in [6, 6.07) is 15.8. The average molecular weight is 765 g/mol. The summed E-state index contributed by atoms with van der Waals surface area (Å²) in [5.41, 5.74) is 0.886. The smallest absolute Gasteiger partial charge is 0.270 e. The van der Waals surface area contributed by atoms with E-state index in [9.17, 15) is 24.0 Å². The van der Waals surface area contributed by atoms with Gasteiger partial charge in [0.2, 0.25) is 11.9 Å². The number of rotatable bonds is 10. The summed E-state index contributed by atoms with van der Waals surface area (Å²) in [5.74, 6) is -2.09. The number of anilines is 2. The van der Waals surface area contributed by atoms with Gasteiger partial charge in [-0.25, -0.2) is 14.3 Å². The fraction of sp³-hybridized carbons (Fsp3) is 0.308. The number of hydrogen-bond donors (Lipinski definition) is 2. The predicted molar refractivity (Wildman–Crippen MR) is 197 cm³/mol. The highest BCUT2D eigenvalue weighted by Gasteiger charge is 2.57. The first kappa shape index (κ1) is 34.2. The molecule has 4 aliphatic rings. The number of benzene rings is 2. The summed E-state index contributed by atoms with van der Waals surface area (Å²) in [6.45, 7) is 1.68. The molecule has 0 spiro atoms. The molecule has 0 radical (unpaired) electrons. The van der Waals surface area contributed by atoms with Crippen molar-refractivity contribution < 1.29 is 18.8 Å². The Morgan fingerprint density at radius 1 is 0.963 bits per heavy atom. The first-order valence-electron chi connectivity index (χ1n) is 17.7. The lowest BCUT2D eigenvalue weighted by molar-refractivity contribution is -0.125. The second kappa shape index (κ2) is 12.2. The standard InChI is InChI=1S/C39H32Cl2FN9O3/c1-37(16-22-2-4-23(17-43)5-3-22)35(54)50(27-14-28(40)32(42)29(41)15-27)36-45-20-30(51(36)37)33(52)47-39(12-13-39)34(53)48-38(10-11-38)31-9-6-24(18-44-31)25-19-46-49(21-25)26-7-8-26/h2-6,9,14-15,18-21,26H,7-8,10-13,16H2,1H3,(H,47,52)(H,48,53)/t37-/m1/s1. The average Bonchev–Trinajstić information content (AvgIpc) is 4.14. The second-order valence-corrected chi connectivity index (χ2v) is 15.7. The van der Waals surface area contributed by atoms with Crippen LogP contribution in [0.15, 0.2) is 73.3 Å². The van der Waals surface area contributed by atoms with Crippen LogP contribution in [-0.2, 0) is 27.1 Å². The van der Waals surface area contributed by atoms with E-state index in [0.29, 0.717) is 37.3 Å². The Labute approximate surface area is 318 Å². The van der Waals surface area contributed by atoms with Gasteiger partial charge in [0.05, 0.1) is 57.0 Å². The number of amides is 3. The summed E-state index contributed by atoms with van der Waals surface area (Å²) < 4.78 is 18.0. The van der Waals surface area contributed by atoms with Crippen molar-refractivity contribution in [2.24, 2.45) is 0 Å². The zero-order chi connectivity index (χ0) is 37.6. The van der Waals surface area contributed by atoms with Crippen molar-refractivity contribution in [2.45, 2.75) is 74.5 Å². The fourth-order valence-electron chi connectivity index (χ4n) is 7.32. The molecule has 12 nitrogen and oxygen atoms in total. The Bertz CT molecular complexity index is 2400. The minimum Gasteiger partial charge on any atom is -0.343 e. The molecule has 54 heavy (non-hydrogen) atoms. The number of aromatic nitrogens is 5. The van der Waals surface area contributed by atoms with Crippen LogP contribution in [0, 0.1) is 17.1 Å². The third kappa shape index (κ3) is 5.63. The fourth-order valence-corrected chi connectivity index (χ4v) is 7.80. The van der Waals surface area contributed by atoms with Crippen LogP contribution in [0.4, 0.5) is 16.0 Å². The van der Waals surface area contributed by atoms with Gasteiger partial charge in [0.25, 0.3) is 11.8 Å². The largest absolute Gasteiger partial charge is 0.343 e. The highest BCUT2D eigenvalue weighted by molar-refractivity contribution is 6.35. The number of imidazole rings is 1. The van der Waals surface area contributed by atoms with Gasteiger partial charge in [-0.3, -0.25) is 28.6 Å². The first-order chi connectivity index (χ1) is 25.9. The van der Waals surface area contributed by atoms with Crippen LogP contribution in [0.5, 0.6) is 0 Å². The van der Waals surface area contributed by atoms with E-state index in [0.717, 1.165) is 35.2 Å². The van der Waals surface area contributed by atoms with E-state index in [4.69, 9.17) is 28.2 Å². The summed E-state index contributed by atoms with van der Waals surface area (Å²) in [6.07, 6.45) is 11.7. The molecule has 2 N–H and O–H groups in total. The lowest BCUT2D eigenvalue weighted by Gasteiger charge is -2.27. The molecule has 5 aromatic rings. The van der Waals surface area contributed by atoms with Crippen LogP contribution in [0.3, 0.4) is 0 Å². The van der Waals surface area contributed by atoms with Crippen LogP contribution >= 0.6 is 23.2 Å². The molecule has 1 aliphatic heterocycles.